The summed E-state index contributed by atoms with van der Waals surface area (Å²) in [6.45, 7) is 0. The predicted molar refractivity (Wildman–Crippen MR) is 251 cm³/mol. The van der Waals surface area contributed by atoms with Crippen LogP contribution in [0.4, 0.5) is 0 Å². The Morgan fingerprint density at radius 2 is 0.627 bits per heavy atom. The Morgan fingerprint density at radius 3 is 1.20 bits per heavy atom. The third-order valence-corrected chi connectivity index (χ3v) is 12.2. The molecule has 0 unspecified atom stereocenters. The number of fused-ring (bicyclic) bond motifs is 9. The van der Waals surface area contributed by atoms with Crippen molar-refractivity contribution in [3.05, 3.63) is 218 Å². The number of hydrogen-bond acceptors (Lipinski definition) is 1. The lowest BCUT2D eigenvalue weighted by atomic mass is 9.89. The molecular weight excluding hydrogens is 713 g/mol. The van der Waals surface area contributed by atoms with E-state index in [1.165, 1.54) is 65.3 Å². The van der Waals surface area contributed by atoms with E-state index in [1.54, 1.807) is 0 Å². The molecule has 1 heteroatoms. The Labute approximate surface area is 342 Å². The van der Waals surface area contributed by atoms with Gasteiger partial charge in [0.05, 0.1) is 0 Å². The third kappa shape index (κ3) is 5.55. The van der Waals surface area contributed by atoms with Gasteiger partial charge in [-0.2, -0.15) is 0 Å². The van der Waals surface area contributed by atoms with Gasteiger partial charge in [0.25, 0.3) is 0 Å². The Kier molecular flexibility index (Phi) is 7.61. The van der Waals surface area contributed by atoms with Gasteiger partial charge in [0.15, 0.2) is 0 Å². The van der Waals surface area contributed by atoms with Gasteiger partial charge in [0.2, 0.25) is 0 Å². The zero-order valence-corrected chi connectivity index (χ0v) is 32.2. The van der Waals surface area contributed by atoms with Crippen LogP contribution in [-0.2, 0) is 0 Å². The van der Waals surface area contributed by atoms with Crippen molar-refractivity contribution in [1.29, 1.82) is 0 Å². The lowest BCUT2D eigenvalue weighted by Gasteiger charge is -2.15. The average Bonchev–Trinajstić information content (AvgIpc) is 3.70. The van der Waals surface area contributed by atoms with Crippen LogP contribution in [0.2, 0.25) is 0 Å². The lowest BCUT2D eigenvalue weighted by molar-refractivity contribution is 0.670. The first kappa shape index (κ1) is 33.4. The van der Waals surface area contributed by atoms with Crippen LogP contribution >= 0.6 is 0 Å². The summed E-state index contributed by atoms with van der Waals surface area (Å²) in [7, 11) is 0. The van der Waals surface area contributed by atoms with Crippen molar-refractivity contribution in [2.75, 3.05) is 0 Å². The van der Waals surface area contributed by atoms with Gasteiger partial charge in [-0.15, -0.1) is 0 Å². The molecule has 11 aromatic carbocycles. The Balaban J connectivity index is 1.07. The highest BCUT2D eigenvalue weighted by molar-refractivity contribution is 6.15. The monoisotopic (exact) mass is 748 g/mol. The van der Waals surface area contributed by atoms with Crippen LogP contribution in [0, 0.1) is 0 Å². The Bertz CT molecular complexity index is 3440. The van der Waals surface area contributed by atoms with Gasteiger partial charge < -0.3 is 4.42 Å². The molecular formula is C58H36O. The summed E-state index contributed by atoms with van der Waals surface area (Å²) in [5.41, 5.74) is 13.5. The van der Waals surface area contributed by atoms with Crippen molar-refractivity contribution in [2.45, 2.75) is 0 Å². The van der Waals surface area contributed by atoms with Crippen molar-refractivity contribution in [1.82, 2.24) is 0 Å². The molecule has 12 rings (SSSR count). The number of hydrogen-bond donors (Lipinski definition) is 0. The van der Waals surface area contributed by atoms with Crippen LogP contribution in [0.25, 0.3) is 121 Å². The van der Waals surface area contributed by atoms with E-state index in [4.69, 9.17) is 4.42 Å². The normalized spacial score (nSPS) is 11.7. The van der Waals surface area contributed by atoms with E-state index in [2.05, 4.69) is 212 Å². The molecule has 59 heavy (non-hydrogen) atoms. The second kappa shape index (κ2) is 13.4. The summed E-state index contributed by atoms with van der Waals surface area (Å²) < 4.78 is 6.64. The van der Waals surface area contributed by atoms with E-state index in [-0.39, 0.29) is 0 Å². The van der Waals surface area contributed by atoms with Gasteiger partial charge in [-0.1, -0.05) is 170 Å². The molecule has 0 atom stereocenters. The number of para-hydroxylation sites is 2. The number of furan rings is 1. The van der Waals surface area contributed by atoms with Gasteiger partial charge >= 0.3 is 0 Å². The van der Waals surface area contributed by atoms with Crippen LogP contribution in [-0.4, -0.2) is 0 Å². The Morgan fingerprint density at radius 1 is 0.220 bits per heavy atom. The second-order valence-corrected chi connectivity index (χ2v) is 15.6. The molecule has 0 aliphatic rings. The highest BCUT2D eigenvalue weighted by atomic mass is 16.3. The zero-order valence-electron chi connectivity index (χ0n) is 32.2. The van der Waals surface area contributed by atoms with Crippen LogP contribution < -0.4 is 0 Å². The molecule has 0 N–H and O–H groups in total. The van der Waals surface area contributed by atoms with Crippen LogP contribution in [0.15, 0.2) is 223 Å². The first-order valence-corrected chi connectivity index (χ1v) is 20.3. The minimum Gasteiger partial charge on any atom is -0.455 e. The molecule has 274 valence electrons. The maximum Gasteiger partial charge on any atom is 0.143 e. The van der Waals surface area contributed by atoms with E-state index in [1.807, 2.05) is 6.07 Å². The molecule has 1 heterocycles. The fourth-order valence-corrected chi connectivity index (χ4v) is 9.41. The van der Waals surface area contributed by atoms with Crippen molar-refractivity contribution in [3.63, 3.8) is 0 Å². The molecule has 0 bridgehead atoms. The first-order valence-electron chi connectivity index (χ1n) is 20.3. The van der Waals surface area contributed by atoms with E-state index >= 15 is 0 Å². The van der Waals surface area contributed by atoms with Crippen LogP contribution in [0.5, 0.6) is 0 Å². The van der Waals surface area contributed by atoms with Crippen LogP contribution in [0.3, 0.4) is 0 Å². The average molecular weight is 749 g/mol. The summed E-state index contributed by atoms with van der Waals surface area (Å²) in [6.07, 6.45) is 0. The Hall–Kier alpha value is -7.74. The largest absolute Gasteiger partial charge is 0.455 e. The topological polar surface area (TPSA) is 13.1 Å². The lowest BCUT2D eigenvalue weighted by Crippen LogP contribution is -1.89. The fourth-order valence-electron chi connectivity index (χ4n) is 9.41. The molecule has 12 aromatic rings. The van der Waals surface area contributed by atoms with Crippen molar-refractivity contribution in [2.24, 2.45) is 0 Å². The van der Waals surface area contributed by atoms with Crippen LogP contribution in [0.1, 0.15) is 0 Å². The molecule has 0 radical (unpaired) electrons. The van der Waals surface area contributed by atoms with E-state index < -0.39 is 0 Å². The maximum atomic E-state index is 6.64. The first-order chi connectivity index (χ1) is 29.2. The number of benzene rings is 11. The third-order valence-electron chi connectivity index (χ3n) is 12.2. The molecule has 1 aromatic heterocycles. The quantitative estimate of drug-likeness (QED) is 0.160. The van der Waals surface area contributed by atoms with E-state index in [9.17, 15) is 0 Å². The molecule has 0 saturated heterocycles. The molecule has 0 aliphatic carbocycles. The second-order valence-electron chi connectivity index (χ2n) is 15.6. The molecule has 0 saturated carbocycles. The van der Waals surface area contributed by atoms with Crippen molar-refractivity contribution in [3.8, 4) is 55.6 Å². The summed E-state index contributed by atoms with van der Waals surface area (Å²) in [4.78, 5) is 0. The summed E-state index contributed by atoms with van der Waals surface area (Å²) in [5, 5.41) is 12.4. The minimum atomic E-state index is 0.900. The van der Waals surface area contributed by atoms with Gasteiger partial charge in [0, 0.05) is 16.3 Å². The van der Waals surface area contributed by atoms with Crippen molar-refractivity contribution >= 4 is 65.0 Å². The van der Waals surface area contributed by atoms with E-state index in [0.717, 1.165) is 55.3 Å². The van der Waals surface area contributed by atoms with Gasteiger partial charge in [-0.05, 0) is 142 Å². The maximum absolute atomic E-state index is 6.64. The molecule has 0 spiro atoms. The predicted octanol–water partition coefficient (Wildman–Crippen LogP) is 16.5. The molecule has 0 aliphatic heterocycles. The molecule has 0 amide bonds. The van der Waals surface area contributed by atoms with Gasteiger partial charge in [0.1, 0.15) is 11.2 Å². The zero-order chi connectivity index (χ0) is 38.9. The molecule has 1 nitrogen and oxygen atoms in total. The minimum absolute atomic E-state index is 0.900. The summed E-state index contributed by atoms with van der Waals surface area (Å²) >= 11 is 0. The SMILES string of the molecule is c1cc(-c2cc(-c3cccc(-c4cc5ccccc5c5ccccc45)c3)cc(-c3cccc4c3oc3ccccc34)c2)cc(-c2cc3ccccc3c3ccccc23)c1. The van der Waals surface area contributed by atoms with E-state index in [0.29, 0.717) is 0 Å². The fraction of sp³-hybridized carbons (Fsp3) is 0. The highest BCUT2D eigenvalue weighted by Gasteiger charge is 2.17. The van der Waals surface area contributed by atoms with Crippen molar-refractivity contribution < 1.29 is 4.42 Å². The summed E-state index contributed by atoms with van der Waals surface area (Å²) in [5.74, 6) is 0. The molecule has 0 fully saturated rings. The van der Waals surface area contributed by atoms with Gasteiger partial charge in [-0.25, -0.2) is 0 Å². The summed E-state index contributed by atoms with van der Waals surface area (Å²) in [6, 6.07) is 79.7. The van der Waals surface area contributed by atoms with Gasteiger partial charge in [-0.3, -0.25) is 0 Å². The smallest absolute Gasteiger partial charge is 0.143 e. The standard InChI is InChI=1S/C58H36O/c1-3-20-46-41(14-1)35-55(51-24-7-5-22-49(46)51)39-18-11-16-37(30-39)43-32-44(34-45(33-43)48-27-13-28-54-53-26-9-10-29-57(53)59-58(48)54)38-17-12-19-40(31-38)56-36-42-15-2-4-21-47(42)50-23-6-8-25-52(50)56/h1-36H. The highest BCUT2D eigenvalue weighted by Crippen LogP contribution is 2.42. The number of rotatable bonds is 5.